The van der Waals surface area contributed by atoms with E-state index < -0.39 is 0 Å². The SMILES string of the molecule is CN1CCC(NC(=O)c2ccc(Nc3nc(NC4CCCCC4)c4c(C#N)c[nH]c4n3)c3c2OCCO3)CC1. The molecule has 1 amide bonds. The van der Waals surface area contributed by atoms with Crippen molar-refractivity contribution in [1.29, 1.82) is 5.26 Å². The zero-order chi connectivity index (χ0) is 26.8. The molecule has 0 atom stereocenters. The van der Waals surface area contributed by atoms with Crippen molar-refractivity contribution < 1.29 is 14.3 Å². The van der Waals surface area contributed by atoms with Crippen molar-refractivity contribution in [3.05, 3.63) is 29.5 Å². The fraction of sp³-hybridized carbons (Fsp3) is 0.500. The van der Waals surface area contributed by atoms with Crippen LogP contribution in [0.2, 0.25) is 0 Å². The summed E-state index contributed by atoms with van der Waals surface area (Å²) in [4.78, 5) is 28.0. The standard InChI is InChI=1S/C28H34N8O3/c1-36-11-9-19(10-12-36)32-27(37)20-7-8-21(24-23(20)38-13-14-39-24)33-28-34-25-22(17(15-29)16-30-25)26(35-28)31-18-5-3-2-4-6-18/h7-8,16,18-19H,2-6,9-14H2,1H3,(H,32,37)(H3,30,31,33,34,35). The van der Waals surface area contributed by atoms with E-state index in [2.05, 4.69) is 43.9 Å². The molecule has 3 aromatic rings. The number of H-pyrrole nitrogens is 1. The van der Waals surface area contributed by atoms with Gasteiger partial charge >= 0.3 is 0 Å². The number of anilines is 3. The van der Waals surface area contributed by atoms with E-state index in [1.807, 2.05) is 0 Å². The molecule has 204 valence electrons. The third-order valence-electron chi connectivity index (χ3n) is 7.83. The second kappa shape index (κ2) is 11.0. The topological polar surface area (TPSA) is 140 Å². The van der Waals surface area contributed by atoms with E-state index >= 15 is 0 Å². The van der Waals surface area contributed by atoms with Crippen LogP contribution in [-0.4, -0.2) is 71.2 Å². The van der Waals surface area contributed by atoms with Crippen LogP contribution in [0.25, 0.3) is 11.0 Å². The van der Waals surface area contributed by atoms with E-state index in [-0.39, 0.29) is 11.9 Å². The van der Waals surface area contributed by atoms with Crippen molar-refractivity contribution >= 4 is 34.4 Å². The van der Waals surface area contributed by atoms with Gasteiger partial charge in [-0.25, -0.2) is 0 Å². The maximum atomic E-state index is 13.2. The minimum Gasteiger partial charge on any atom is -0.485 e. The van der Waals surface area contributed by atoms with Crippen molar-refractivity contribution in [1.82, 2.24) is 25.2 Å². The number of carbonyl (C=O) groups is 1. The number of nitrogens with one attached hydrogen (secondary N) is 4. The Labute approximate surface area is 227 Å². The van der Waals surface area contributed by atoms with Gasteiger partial charge < -0.3 is 35.3 Å². The fourth-order valence-corrected chi connectivity index (χ4v) is 5.67. The Morgan fingerprint density at radius 1 is 1.05 bits per heavy atom. The van der Waals surface area contributed by atoms with Crippen molar-refractivity contribution in [3.63, 3.8) is 0 Å². The number of fused-ring (bicyclic) bond motifs is 2. The third-order valence-corrected chi connectivity index (χ3v) is 7.83. The molecule has 6 rings (SSSR count). The van der Waals surface area contributed by atoms with Crippen LogP contribution in [0.1, 0.15) is 60.9 Å². The Morgan fingerprint density at radius 2 is 1.82 bits per heavy atom. The molecule has 2 aromatic heterocycles. The molecule has 11 nitrogen and oxygen atoms in total. The molecule has 2 fully saturated rings. The maximum absolute atomic E-state index is 13.2. The van der Waals surface area contributed by atoms with E-state index in [1.54, 1.807) is 18.3 Å². The number of carbonyl (C=O) groups excluding carboxylic acids is 1. The van der Waals surface area contributed by atoms with Gasteiger partial charge in [-0.2, -0.15) is 15.2 Å². The van der Waals surface area contributed by atoms with Crippen LogP contribution in [-0.2, 0) is 0 Å². The molecule has 0 radical (unpaired) electrons. The average molecular weight is 531 g/mol. The molecule has 1 saturated carbocycles. The Morgan fingerprint density at radius 3 is 2.59 bits per heavy atom. The van der Waals surface area contributed by atoms with Crippen LogP contribution in [0, 0.1) is 11.3 Å². The number of rotatable bonds is 6. The van der Waals surface area contributed by atoms with Gasteiger partial charge in [0.15, 0.2) is 11.5 Å². The van der Waals surface area contributed by atoms with Crippen molar-refractivity contribution in [2.24, 2.45) is 0 Å². The second-order valence-electron chi connectivity index (χ2n) is 10.6. The lowest BCUT2D eigenvalue weighted by molar-refractivity contribution is 0.0906. The molecule has 0 spiro atoms. The Bertz CT molecular complexity index is 1400. The number of amides is 1. The van der Waals surface area contributed by atoms with Crippen molar-refractivity contribution in [3.8, 4) is 17.6 Å². The summed E-state index contributed by atoms with van der Waals surface area (Å²) in [7, 11) is 2.10. The number of piperidine rings is 1. The average Bonchev–Trinajstić information content (AvgIpc) is 3.38. The van der Waals surface area contributed by atoms with Gasteiger partial charge in [0, 0.05) is 18.3 Å². The van der Waals surface area contributed by atoms with Gasteiger partial charge in [0.25, 0.3) is 5.91 Å². The van der Waals surface area contributed by atoms with E-state index in [4.69, 9.17) is 14.5 Å². The maximum Gasteiger partial charge on any atom is 0.255 e. The van der Waals surface area contributed by atoms with Crippen molar-refractivity contribution in [2.75, 3.05) is 44.0 Å². The van der Waals surface area contributed by atoms with Crippen molar-refractivity contribution in [2.45, 2.75) is 57.0 Å². The Hall–Kier alpha value is -4.04. The summed E-state index contributed by atoms with van der Waals surface area (Å²) >= 11 is 0. The van der Waals surface area contributed by atoms with Crippen LogP contribution in [0.5, 0.6) is 11.5 Å². The van der Waals surface area contributed by atoms with Gasteiger partial charge in [-0.05, 0) is 58.0 Å². The Kier molecular flexibility index (Phi) is 7.11. The molecular weight excluding hydrogens is 496 g/mol. The summed E-state index contributed by atoms with van der Waals surface area (Å²) < 4.78 is 11.9. The summed E-state index contributed by atoms with van der Waals surface area (Å²) in [5, 5.41) is 20.3. The van der Waals surface area contributed by atoms with E-state index in [1.165, 1.54) is 19.3 Å². The van der Waals surface area contributed by atoms with E-state index in [0.29, 0.717) is 70.4 Å². The molecule has 2 aliphatic heterocycles. The number of aromatic nitrogens is 3. The first-order chi connectivity index (χ1) is 19.1. The van der Waals surface area contributed by atoms with Crippen LogP contribution in [0.4, 0.5) is 17.5 Å². The van der Waals surface area contributed by atoms with E-state index in [0.717, 1.165) is 38.8 Å². The van der Waals surface area contributed by atoms with Crippen LogP contribution < -0.4 is 25.4 Å². The molecule has 4 N–H and O–H groups in total. The summed E-state index contributed by atoms with van der Waals surface area (Å²) in [6.07, 6.45) is 9.24. The zero-order valence-electron chi connectivity index (χ0n) is 22.2. The fourth-order valence-electron chi connectivity index (χ4n) is 5.67. The highest BCUT2D eigenvalue weighted by Crippen LogP contribution is 2.42. The smallest absolute Gasteiger partial charge is 0.255 e. The van der Waals surface area contributed by atoms with E-state index in [9.17, 15) is 10.1 Å². The van der Waals surface area contributed by atoms with Gasteiger partial charge in [-0.1, -0.05) is 19.3 Å². The van der Waals surface area contributed by atoms with Crippen LogP contribution >= 0.6 is 0 Å². The monoisotopic (exact) mass is 530 g/mol. The first-order valence-electron chi connectivity index (χ1n) is 13.8. The highest BCUT2D eigenvalue weighted by Gasteiger charge is 2.27. The number of benzene rings is 1. The van der Waals surface area contributed by atoms with Gasteiger partial charge in [0.05, 0.1) is 22.2 Å². The number of ether oxygens (including phenoxy) is 2. The molecule has 39 heavy (non-hydrogen) atoms. The molecule has 1 aromatic carbocycles. The molecule has 4 heterocycles. The van der Waals surface area contributed by atoms with Gasteiger partial charge in [-0.3, -0.25) is 4.79 Å². The molecular formula is C28H34N8O3. The van der Waals surface area contributed by atoms with Gasteiger partial charge in [0.1, 0.15) is 30.7 Å². The predicted octanol–water partition coefficient (Wildman–Crippen LogP) is 3.91. The number of hydrogen-bond acceptors (Lipinski definition) is 9. The Balaban J connectivity index is 1.28. The molecule has 1 saturated heterocycles. The number of hydrogen-bond donors (Lipinski definition) is 4. The normalized spacial score (nSPS) is 18.5. The quantitative estimate of drug-likeness (QED) is 0.373. The predicted molar refractivity (Wildman–Crippen MR) is 148 cm³/mol. The second-order valence-corrected chi connectivity index (χ2v) is 10.6. The first-order valence-corrected chi connectivity index (χ1v) is 13.8. The summed E-state index contributed by atoms with van der Waals surface area (Å²) in [5.74, 6) is 1.71. The minimum absolute atomic E-state index is 0.140. The lowest BCUT2D eigenvalue weighted by Gasteiger charge is -2.30. The summed E-state index contributed by atoms with van der Waals surface area (Å²) in [6, 6.07) is 6.23. The molecule has 0 unspecified atom stereocenters. The molecule has 11 heteroatoms. The number of likely N-dealkylation sites (tertiary alicyclic amines) is 1. The molecule has 3 aliphatic rings. The number of aromatic amines is 1. The summed E-state index contributed by atoms with van der Waals surface area (Å²) in [5.41, 5.74) is 2.13. The number of nitrogens with zero attached hydrogens (tertiary/aromatic N) is 4. The minimum atomic E-state index is -0.162. The first kappa shape index (κ1) is 25.2. The largest absolute Gasteiger partial charge is 0.485 e. The molecule has 1 aliphatic carbocycles. The summed E-state index contributed by atoms with van der Waals surface area (Å²) in [6.45, 7) is 2.66. The number of nitriles is 1. The lowest BCUT2D eigenvalue weighted by Crippen LogP contribution is -2.43. The third kappa shape index (κ3) is 5.29. The highest BCUT2D eigenvalue weighted by molar-refractivity contribution is 5.99. The van der Waals surface area contributed by atoms with Crippen LogP contribution in [0.3, 0.4) is 0 Å². The molecule has 0 bridgehead atoms. The van der Waals surface area contributed by atoms with Crippen LogP contribution in [0.15, 0.2) is 18.3 Å². The van der Waals surface area contributed by atoms with Gasteiger partial charge in [0.2, 0.25) is 5.95 Å². The zero-order valence-corrected chi connectivity index (χ0v) is 22.2. The highest BCUT2D eigenvalue weighted by atomic mass is 16.6. The lowest BCUT2D eigenvalue weighted by atomic mass is 9.95. The van der Waals surface area contributed by atoms with Gasteiger partial charge in [-0.15, -0.1) is 0 Å².